The van der Waals surface area contributed by atoms with Crippen molar-refractivity contribution in [3.05, 3.63) is 0 Å². The average Bonchev–Trinajstić information content (AvgIpc) is 2.33. The molecule has 0 aliphatic carbocycles. The molecule has 2 fully saturated rings. The molecule has 16 heavy (non-hydrogen) atoms. The van der Waals surface area contributed by atoms with Crippen molar-refractivity contribution in [3.8, 4) is 0 Å². The Morgan fingerprint density at radius 1 is 1.50 bits per heavy atom. The second kappa shape index (κ2) is 5.27. The first-order chi connectivity index (χ1) is 7.77. The van der Waals surface area contributed by atoms with E-state index in [0.29, 0.717) is 39.3 Å². The van der Waals surface area contributed by atoms with E-state index in [9.17, 15) is 9.59 Å². The van der Waals surface area contributed by atoms with Crippen LogP contribution in [-0.2, 0) is 14.3 Å². The fourth-order valence-corrected chi connectivity index (χ4v) is 2.02. The zero-order chi connectivity index (χ0) is 11.4. The van der Waals surface area contributed by atoms with Crippen molar-refractivity contribution in [2.75, 3.05) is 39.4 Å². The Morgan fingerprint density at radius 3 is 2.94 bits per heavy atom. The first-order valence-corrected chi connectivity index (χ1v) is 5.74. The summed E-state index contributed by atoms with van der Waals surface area (Å²) in [6, 6.07) is -0.246. The van der Waals surface area contributed by atoms with Gasteiger partial charge in [-0.25, -0.2) is 0 Å². The molecular weight excluding hydrogens is 210 g/mol. The van der Waals surface area contributed by atoms with E-state index in [1.54, 1.807) is 4.90 Å². The van der Waals surface area contributed by atoms with Gasteiger partial charge in [-0.05, 0) is 0 Å². The third-order valence-corrected chi connectivity index (χ3v) is 2.99. The van der Waals surface area contributed by atoms with Crippen molar-refractivity contribution >= 4 is 11.8 Å². The number of amides is 2. The van der Waals surface area contributed by atoms with Crippen molar-refractivity contribution in [2.24, 2.45) is 0 Å². The lowest BCUT2D eigenvalue weighted by Gasteiger charge is -2.28. The predicted molar refractivity (Wildman–Crippen MR) is 55.6 cm³/mol. The second-order valence-corrected chi connectivity index (χ2v) is 4.12. The SMILES string of the molecule is O=C1NCC[NH2+][C@H]1CC(=O)N1CCOCC1. The van der Waals surface area contributed by atoms with Crippen LogP contribution in [0.5, 0.6) is 0 Å². The molecule has 0 unspecified atom stereocenters. The maximum atomic E-state index is 11.9. The molecule has 2 rings (SSSR count). The van der Waals surface area contributed by atoms with Crippen molar-refractivity contribution in [2.45, 2.75) is 12.5 Å². The number of nitrogens with one attached hydrogen (secondary N) is 1. The van der Waals surface area contributed by atoms with Crippen LogP contribution >= 0.6 is 0 Å². The second-order valence-electron chi connectivity index (χ2n) is 4.12. The molecule has 0 aromatic carbocycles. The minimum Gasteiger partial charge on any atom is -0.378 e. The Hall–Kier alpha value is -1.14. The highest BCUT2D eigenvalue weighted by molar-refractivity contribution is 5.87. The van der Waals surface area contributed by atoms with Crippen LogP contribution in [0.1, 0.15) is 6.42 Å². The van der Waals surface area contributed by atoms with E-state index in [-0.39, 0.29) is 17.9 Å². The summed E-state index contributed by atoms with van der Waals surface area (Å²) in [5.41, 5.74) is 0. The van der Waals surface area contributed by atoms with E-state index in [2.05, 4.69) is 5.32 Å². The quantitative estimate of drug-likeness (QED) is 0.540. The smallest absolute Gasteiger partial charge is 0.278 e. The molecule has 90 valence electrons. The number of hydrogen-bond acceptors (Lipinski definition) is 3. The van der Waals surface area contributed by atoms with Gasteiger partial charge in [0.25, 0.3) is 5.91 Å². The van der Waals surface area contributed by atoms with Crippen molar-refractivity contribution in [1.82, 2.24) is 10.2 Å². The average molecular weight is 228 g/mol. The lowest BCUT2D eigenvalue weighted by Crippen LogP contribution is -2.96. The number of carbonyl (C=O) groups excluding carboxylic acids is 2. The van der Waals surface area contributed by atoms with Crippen LogP contribution in [0.2, 0.25) is 0 Å². The highest BCUT2D eigenvalue weighted by Gasteiger charge is 2.30. The van der Waals surface area contributed by atoms with E-state index >= 15 is 0 Å². The number of piperazine rings is 1. The lowest BCUT2D eigenvalue weighted by molar-refractivity contribution is -0.678. The minimum absolute atomic E-state index is 0.0205. The molecule has 2 aliphatic heterocycles. The molecule has 0 aromatic heterocycles. The third kappa shape index (κ3) is 2.70. The van der Waals surface area contributed by atoms with Gasteiger partial charge >= 0.3 is 0 Å². The number of morpholine rings is 1. The molecule has 0 aromatic rings. The van der Waals surface area contributed by atoms with Crippen LogP contribution in [0.4, 0.5) is 0 Å². The minimum atomic E-state index is -0.246. The Bertz CT molecular complexity index is 276. The maximum Gasteiger partial charge on any atom is 0.278 e. The number of rotatable bonds is 2. The Labute approximate surface area is 94.3 Å². The van der Waals surface area contributed by atoms with Crippen molar-refractivity contribution < 1.29 is 19.6 Å². The van der Waals surface area contributed by atoms with Crippen LogP contribution < -0.4 is 10.6 Å². The number of nitrogens with two attached hydrogens (primary N) is 1. The van der Waals surface area contributed by atoms with Gasteiger partial charge in [-0.15, -0.1) is 0 Å². The predicted octanol–water partition coefficient (Wildman–Crippen LogP) is -2.70. The van der Waals surface area contributed by atoms with Gasteiger partial charge in [-0.3, -0.25) is 9.59 Å². The van der Waals surface area contributed by atoms with Crippen LogP contribution in [-0.4, -0.2) is 62.1 Å². The van der Waals surface area contributed by atoms with Gasteiger partial charge in [0.2, 0.25) is 5.91 Å². The Kier molecular flexibility index (Phi) is 3.74. The van der Waals surface area contributed by atoms with Gasteiger partial charge in [0.15, 0.2) is 6.04 Å². The molecule has 6 heteroatoms. The van der Waals surface area contributed by atoms with Gasteiger partial charge in [0.05, 0.1) is 32.7 Å². The van der Waals surface area contributed by atoms with E-state index in [1.165, 1.54) is 0 Å². The molecule has 0 bridgehead atoms. The van der Waals surface area contributed by atoms with Crippen LogP contribution in [0, 0.1) is 0 Å². The molecule has 0 saturated carbocycles. The van der Waals surface area contributed by atoms with Gasteiger partial charge in [-0.2, -0.15) is 0 Å². The summed E-state index contributed by atoms with van der Waals surface area (Å²) in [7, 11) is 0. The third-order valence-electron chi connectivity index (χ3n) is 2.99. The zero-order valence-electron chi connectivity index (χ0n) is 9.28. The molecule has 3 N–H and O–H groups in total. The molecule has 2 heterocycles. The molecule has 2 aliphatic rings. The largest absolute Gasteiger partial charge is 0.378 e. The monoisotopic (exact) mass is 228 g/mol. The Morgan fingerprint density at radius 2 is 2.25 bits per heavy atom. The zero-order valence-corrected chi connectivity index (χ0v) is 9.28. The number of ether oxygens (including phenoxy) is 1. The van der Waals surface area contributed by atoms with Crippen molar-refractivity contribution in [1.29, 1.82) is 0 Å². The molecule has 0 spiro atoms. The summed E-state index contributed by atoms with van der Waals surface area (Å²) in [5.74, 6) is 0.0365. The normalized spacial score (nSPS) is 26.4. The number of carbonyl (C=O) groups is 2. The summed E-state index contributed by atoms with van der Waals surface area (Å²) in [6.45, 7) is 4.05. The molecule has 2 amide bonds. The van der Waals surface area contributed by atoms with Gasteiger partial charge in [0, 0.05) is 13.1 Å². The molecule has 2 saturated heterocycles. The molecule has 6 nitrogen and oxygen atoms in total. The number of quaternary nitrogens is 1. The molecule has 1 atom stereocenters. The number of hydrogen-bond donors (Lipinski definition) is 2. The lowest BCUT2D eigenvalue weighted by atomic mass is 10.1. The summed E-state index contributed by atoms with van der Waals surface area (Å²) in [5, 5.41) is 4.72. The van der Waals surface area contributed by atoms with Crippen molar-refractivity contribution in [3.63, 3.8) is 0 Å². The highest BCUT2D eigenvalue weighted by atomic mass is 16.5. The summed E-state index contributed by atoms with van der Waals surface area (Å²) in [6.07, 6.45) is 0.297. The van der Waals surface area contributed by atoms with Crippen LogP contribution in [0.15, 0.2) is 0 Å². The van der Waals surface area contributed by atoms with E-state index in [4.69, 9.17) is 4.74 Å². The summed E-state index contributed by atoms with van der Waals surface area (Å²) >= 11 is 0. The van der Waals surface area contributed by atoms with Crippen LogP contribution in [0.25, 0.3) is 0 Å². The fourth-order valence-electron chi connectivity index (χ4n) is 2.02. The maximum absolute atomic E-state index is 11.9. The first-order valence-electron chi connectivity index (χ1n) is 5.74. The first kappa shape index (κ1) is 11.3. The summed E-state index contributed by atoms with van der Waals surface area (Å²) in [4.78, 5) is 25.1. The highest BCUT2D eigenvalue weighted by Crippen LogP contribution is 2.02. The van der Waals surface area contributed by atoms with Gasteiger partial charge in [0.1, 0.15) is 0 Å². The molecular formula is C10H18N3O3+. The standard InChI is InChI=1S/C10H17N3O3/c14-9(13-3-5-16-6-4-13)7-8-10(15)12-2-1-11-8/h8,11H,1-7H2,(H,12,15)/p+1/t8-/m0/s1. The molecule has 0 radical (unpaired) electrons. The Balaban J connectivity index is 1.83. The van der Waals surface area contributed by atoms with Gasteiger partial charge in [-0.1, -0.05) is 0 Å². The fraction of sp³-hybridized carbons (Fsp3) is 0.800. The van der Waals surface area contributed by atoms with Gasteiger partial charge < -0.3 is 20.3 Å². The van der Waals surface area contributed by atoms with Crippen LogP contribution in [0.3, 0.4) is 0 Å². The number of nitrogens with zero attached hydrogens (tertiary/aromatic N) is 1. The summed E-state index contributed by atoms with van der Waals surface area (Å²) < 4.78 is 5.18. The van der Waals surface area contributed by atoms with E-state index in [0.717, 1.165) is 6.54 Å². The topological polar surface area (TPSA) is 75.2 Å². The van der Waals surface area contributed by atoms with E-state index in [1.807, 2.05) is 5.32 Å². The van der Waals surface area contributed by atoms with E-state index < -0.39 is 0 Å².